The van der Waals surface area contributed by atoms with Gasteiger partial charge in [0.1, 0.15) is 0 Å². The van der Waals surface area contributed by atoms with Gasteiger partial charge in [-0.3, -0.25) is 14.9 Å². The zero-order valence-electron chi connectivity index (χ0n) is 12.2. The first kappa shape index (κ1) is 17.4. The first-order valence-electron chi connectivity index (χ1n) is 6.75. The van der Waals surface area contributed by atoms with Crippen LogP contribution in [0.15, 0.2) is 18.2 Å². The number of carbonyl (C=O) groups is 1. The van der Waals surface area contributed by atoms with Gasteiger partial charge in [-0.05, 0) is 32.4 Å². The van der Waals surface area contributed by atoms with Crippen LogP contribution in [-0.4, -0.2) is 41.9 Å². The fourth-order valence-corrected chi connectivity index (χ4v) is 2.66. The second-order valence-electron chi connectivity index (χ2n) is 5.11. The molecule has 1 aliphatic heterocycles. The van der Waals surface area contributed by atoms with Crippen LogP contribution in [0.4, 0.5) is 5.69 Å². The maximum absolute atomic E-state index is 12.6. The van der Waals surface area contributed by atoms with E-state index >= 15 is 0 Å². The highest BCUT2D eigenvalue weighted by Gasteiger charge is 2.30. The first-order valence-corrected chi connectivity index (χ1v) is 6.75. The van der Waals surface area contributed by atoms with Crippen molar-refractivity contribution in [2.45, 2.75) is 25.8 Å². The lowest BCUT2D eigenvalue weighted by Gasteiger charge is -2.25. The second kappa shape index (κ2) is 7.38. The van der Waals surface area contributed by atoms with Gasteiger partial charge < -0.3 is 10.2 Å². The molecule has 1 N–H and O–H groups in total. The quantitative estimate of drug-likeness (QED) is 0.682. The molecule has 7 heteroatoms. The minimum atomic E-state index is -0.467. The Bertz CT molecular complexity index is 536. The molecule has 2 rings (SSSR count). The van der Waals surface area contributed by atoms with Crippen molar-refractivity contribution in [3.63, 3.8) is 0 Å². The molecule has 0 aliphatic carbocycles. The first-order chi connectivity index (χ1) is 9.54. The number of nitro benzene ring substituents is 1. The summed E-state index contributed by atoms with van der Waals surface area (Å²) < 4.78 is 0. The average molecular weight is 314 g/mol. The number of aryl methyl sites for hydroxylation is 1. The molecule has 1 amide bonds. The van der Waals surface area contributed by atoms with E-state index in [4.69, 9.17) is 0 Å². The molecule has 0 bridgehead atoms. The largest absolute Gasteiger partial charge is 0.334 e. The van der Waals surface area contributed by atoms with E-state index in [2.05, 4.69) is 5.32 Å². The van der Waals surface area contributed by atoms with E-state index in [-0.39, 0.29) is 30.0 Å². The third-order valence-corrected chi connectivity index (χ3v) is 3.74. The molecule has 0 aromatic heterocycles. The topological polar surface area (TPSA) is 75.5 Å². The van der Waals surface area contributed by atoms with Crippen molar-refractivity contribution in [1.82, 2.24) is 10.2 Å². The highest BCUT2D eigenvalue weighted by molar-refractivity contribution is 5.96. The fraction of sp³-hybridized carbons (Fsp3) is 0.500. The average Bonchev–Trinajstić information content (AvgIpc) is 2.87. The summed E-state index contributed by atoms with van der Waals surface area (Å²) in [7, 11) is 1.86. The van der Waals surface area contributed by atoms with Crippen LogP contribution in [-0.2, 0) is 0 Å². The van der Waals surface area contributed by atoms with E-state index in [1.165, 1.54) is 12.1 Å². The van der Waals surface area contributed by atoms with E-state index in [9.17, 15) is 14.9 Å². The van der Waals surface area contributed by atoms with Gasteiger partial charge in [0.25, 0.3) is 11.6 Å². The Morgan fingerprint density at radius 3 is 2.86 bits per heavy atom. The minimum Gasteiger partial charge on any atom is -0.334 e. The summed E-state index contributed by atoms with van der Waals surface area (Å²) in [4.78, 5) is 24.8. The highest BCUT2D eigenvalue weighted by atomic mass is 35.5. The highest BCUT2D eigenvalue weighted by Crippen LogP contribution is 2.23. The zero-order valence-corrected chi connectivity index (χ0v) is 13.0. The Morgan fingerprint density at radius 1 is 1.52 bits per heavy atom. The molecular weight excluding hydrogens is 294 g/mol. The van der Waals surface area contributed by atoms with Gasteiger partial charge in [0.05, 0.1) is 4.92 Å². The molecule has 116 valence electrons. The minimum absolute atomic E-state index is 0. The molecule has 1 atom stereocenters. The molecule has 0 saturated carbocycles. The van der Waals surface area contributed by atoms with Crippen molar-refractivity contribution in [3.05, 3.63) is 39.4 Å². The number of likely N-dealkylation sites (N-methyl/N-ethyl adjacent to an activating group) is 1. The summed E-state index contributed by atoms with van der Waals surface area (Å²) in [5.41, 5.74) is 1.17. The second-order valence-corrected chi connectivity index (χ2v) is 5.11. The standard InChI is InChI=1S/C14H19N3O3.ClH/c1-10-5-6-11(17(19)20)8-13(10)14(18)16-7-3-4-12(16)9-15-2;/h5-6,8,12,15H,3-4,7,9H2,1-2H3;1H. The Hall–Kier alpha value is -1.66. The van der Waals surface area contributed by atoms with Gasteiger partial charge in [-0.2, -0.15) is 0 Å². The van der Waals surface area contributed by atoms with Crippen LogP contribution in [0.1, 0.15) is 28.8 Å². The maximum Gasteiger partial charge on any atom is 0.270 e. The summed E-state index contributed by atoms with van der Waals surface area (Å²) in [5, 5.41) is 13.9. The SMILES string of the molecule is CNCC1CCCN1C(=O)c1cc([N+](=O)[O-])ccc1C.Cl. The van der Waals surface area contributed by atoms with Crippen molar-refractivity contribution in [3.8, 4) is 0 Å². The number of halogens is 1. The van der Waals surface area contributed by atoms with Crippen molar-refractivity contribution >= 4 is 24.0 Å². The van der Waals surface area contributed by atoms with Gasteiger partial charge in [0.15, 0.2) is 0 Å². The van der Waals surface area contributed by atoms with Gasteiger partial charge in [0.2, 0.25) is 0 Å². The van der Waals surface area contributed by atoms with Crippen molar-refractivity contribution in [2.75, 3.05) is 20.1 Å². The number of non-ortho nitro benzene ring substituents is 1. The van der Waals surface area contributed by atoms with Gasteiger partial charge in [-0.15, -0.1) is 12.4 Å². The number of nitrogens with one attached hydrogen (secondary N) is 1. The maximum atomic E-state index is 12.6. The van der Waals surface area contributed by atoms with Gasteiger partial charge in [-0.1, -0.05) is 6.07 Å². The molecule has 0 radical (unpaired) electrons. The molecule has 1 unspecified atom stereocenters. The lowest BCUT2D eigenvalue weighted by Crippen LogP contribution is -2.41. The fourth-order valence-electron chi connectivity index (χ4n) is 2.66. The Kier molecular flexibility index (Phi) is 6.11. The number of nitrogens with zero attached hydrogens (tertiary/aromatic N) is 2. The number of carbonyl (C=O) groups excluding carboxylic acids is 1. The summed E-state index contributed by atoms with van der Waals surface area (Å²) in [6, 6.07) is 4.62. The van der Waals surface area contributed by atoms with E-state index in [1.807, 2.05) is 11.9 Å². The Labute approximate surface area is 130 Å². The predicted molar refractivity (Wildman–Crippen MR) is 83.1 cm³/mol. The number of benzene rings is 1. The number of rotatable bonds is 4. The molecule has 1 heterocycles. The van der Waals surface area contributed by atoms with Crippen LogP contribution < -0.4 is 5.32 Å². The smallest absolute Gasteiger partial charge is 0.270 e. The van der Waals surface area contributed by atoms with E-state index in [0.717, 1.165) is 24.9 Å². The summed E-state index contributed by atoms with van der Waals surface area (Å²) >= 11 is 0. The van der Waals surface area contributed by atoms with Crippen LogP contribution in [0, 0.1) is 17.0 Å². The van der Waals surface area contributed by atoms with Crippen LogP contribution in [0.25, 0.3) is 0 Å². The Morgan fingerprint density at radius 2 is 2.24 bits per heavy atom. The molecule has 1 saturated heterocycles. The van der Waals surface area contributed by atoms with Crippen LogP contribution in [0.3, 0.4) is 0 Å². The van der Waals surface area contributed by atoms with E-state index < -0.39 is 4.92 Å². The van der Waals surface area contributed by atoms with Crippen molar-refractivity contribution in [1.29, 1.82) is 0 Å². The van der Waals surface area contributed by atoms with E-state index in [1.54, 1.807) is 13.0 Å². The molecule has 1 fully saturated rings. The lowest BCUT2D eigenvalue weighted by molar-refractivity contribution is -0.384. The van der Waals surface area contributed by atoms with Gasteiger partial charge in [0, 0.05) is 36.8 Å². The molecule has 6 nitrogen and oxygen atoms in total. The summed E-state index contributed by atoms with van der Waals surface area (Å²) in [6.45, 7) is 3.27. The third kappa shape index (κ3) is 3.71. The normalized spacial score (nSPS) is 17.4. The van der Waals surface area contributed by atoms with E-state index in [0.29, 0.717) is 12.1 Å². The lowest BCUT2D eigenvalue weighted by atomic mass is 10.1. The molecule has 1 aliphatic rings. The summed E-state index contributed by atoms with van der Waals surface area (Å²) in [6.07, 6.45) is 1.95. The van der Waals surface area contributed by atoms with Crippen LogP contribution in [0.5, 0.6) is 0 Å². The predicted octanol–water partition coefficient (Wildman–Crippen LogP) is 2.15. The van der Waals surface area contributed by atoms with Crippen LogP contribution in [0.2, 0.25) is 0 Å². The number of nitro groups is 1. The van der Waals surface area contributed by atoms with Gasteiger partial charge in [-0.25, -0.2) is 0 Å². The molecule has 21 heavy (non-hydrogen) atoms. The summed E-state index contributed by atoms with van der Waals surface area (Å²) in [5.74, 6) is -0.107. The monoisotopic (exact) mass is 313 g/mol. The number of likely N-dealkylation sites (tertiary alicyclic amines) is 1. The number of amides is 1. The molecule has 1 aromatic carbocycles. The number of hydrogen-bond acceptors (Lipinski definition) is 4. The number of hydrogen-bond donors (Lipinski definition) is 1. The van der Waals surface area contributed by atoms with Crippen LogP contribution >= 0.6 is 12.4 Å². The molecule has 1 aromatic rings. The zero-order chi connectivity index (χ0) is 14.7. The van der Waals surface area contributed by atoms with Crippen molar-refractivity contribution < 1.29 is 9.72 Å². The Balaban J connectivity index is 0.00000220. The third-order valence-electron chi connectivity index (χ3n) is 3.74. The molecular formula is C14H20ClN3O3. The van der Waals surface area contributed by atoms with Crippen molar-refractivity contribution in [2.24, 2.45) is 0 Å². The molecule has 0 spiro atoms. The van der Waals surface area contributed by atoms with Gasteiger partial charge >= 0.3 is 0 Å².